The van der Waals surface area contributed by atoms with E-state index in [9.17, 15) is 14.4 Å². The first-order chi connectivity index (χ1) is 15.3. The van der Waals surface area contributed by atoms with Crippen molar-refractivity contribution >= 4 is 45.5 Å². The van der Waals surface area contributed by atoms with Crippen molar-refractivity contribution < 1.29 is 28.6 Å². The molecule has 1 aliphatic rings. The maximum Gasteiger partial charge on any atom is 0.340 e. The van der Waals surface area contributed by atoms with E-state index in [-0.39, 0.29) is 17.8 Å². The number of hydrogen-bond acceptors (Lipinski definition) is 6. The highest BCUT2D eigenvalue weighted by atomic mass is 79.9. The Kier molecular flexibility index (Phi) is 7.15. The number of carbonyl (C=O) groups is 3. The van der Waals surface area contributed by atoms with E-state index in [1.54, 1.807) is 56.3 Å². The Morgan fingerprint density at radius 2 is 1.75 bits per heavy atom. The number of anilines is 1. The third-order valence-corrected chi connectivity index (χ3v) is 5.41. The van der Waals surface area contributed by atoms with Crippen LogP contribution in [0, 0.1) is 0 Å². The van der Waals surface area contributed by atoms with Crippen molar-refractivity contribution in [3.05, 3.63) is 74.9 Å². The van der Waals surface area contributed by atoms with Crippen LogP contribution in [0.25, 0.3) is 6.08 Å². The number of allylic oxidation sites excluding steroid dienone is 1. The average molecular weight is 500 g/mol. The van der Waals surface area contributed by atoms with Gasteiger partial charge in [0, 0.05) is 21.4 Å². The molecule has 0 N–H and O–H groups in total. The van der Waals surface area contributed by atoms with Crippen LogP contribution < -0.4 is 9.64 Å². The lowest BCUT2D eigenvalue weighted by Crippen LogP contribution is -2.24. The second-order valence-corrected chi connectivity index (χ2v) is 7.72. The van der Waals surface area contributed by atoms with Crippen LogP contribution in [0.3, 0.4) is 0 Å². The first-order valence-corrected chi connectivity index (χ1v) is 10.6. The van der Waals surface area contributed by atoms with Crippen LogP contribution in [0.15, 0.2) is 63.8 Å². The molecule has 0 spiro atoms. The van der Waals surface area contributed by atoms with Crippen molar-refractivity contribution in [3.8, 4) is 5.75 Å². The van der Waals surface area contributed by atoms with Crippen LogP contribution in [0.4, 0.5) is 5.69 Å². The molecule has 0 fully saturated rings. The van der Waals surface area contributed by atoms with Crippen molar-refractivity contribution in [2.24, 2.45) is 0 Å². The van der Waals surface area contributed by atoms with Gasteiger partial charge in [0.15, 0.2) is 0 Å². The molecule has 0 saturated heterocycles. The van der Waals surface area contributed by atoms with Gasteiger partial charge in [-0.15, -0.1) is 0 Å². The number of benzene rings is 2. The monoisotopic (exact) mass is 499 g/mol. The van der Waals surface area contributed by atoms with Gasteiger partial charge in [-0.2, -0.15) is 0 Å². The summed E-state index contributed by atoms with van der Waals surface area (Å²) in [6.45, 7) is 3.66. The number of methoxy groups -OCH3 is 2. The van der Waals surface area contributed by atoms with Crippen LogP contribution in [0.1, 0.15) is 29.8 Å². The molecule has 0 bridgehead atoms. The van der Waals surface area contributed by atoms with Gasteiger partial charge >= 0.3 is 11.9 Å². The fourth-order valence-corrected chi connectivity index (χ4v) is 3.80. The van der Waals surface area contributed by atoms with Crippen molar-refractivity contribution in [2.45, 2.75) is 13.8 Å². The lowest BCUT2D eigenvalue weighted by molar-refractivity contribution is -0.136. The van der Waals surface area contributed by atoms with E-state index in [4.69, 9.17) is 14.2 Å². The molecule has 3 rings (SSSR count). The number of amides is 1. The molecule has 0 unspecified atom stereocenters. The standard InChI is InChI=1S/C24H22BrNO6/c1-5-32-23(28)15-6-9-18(10-7-15)26-14(2)21(24(29)31-4)19(22(26)27)13-16-12-17(25)8-11-20(16)30-3/h6-13H,5H2,1-4H3/b19-13-. The summed E-state index contributed by atoms with van der Waals surface area (Å²) in [6.07, 6.45) is 1.61. The number of esters is 2. The summed E-state index contributed by atoms with van der Waals surface area (Å²) < 4.78 is 16.1. The molecule has 1 heterocycles. The summed E-state index contributed by atoms with van der Waals surface area (Å²) in [5.74, 6) is -0.917. The largest absolute Gasteiger partial charge is 0.496 e. The van der Waals surface area contributed by atoms with E-state index in [2.05, 4.69) is 15.9 Å². The fraction of sp³-hybridized carbons (Fsp3) is 0.208. The quantitative estimate of drug-likeness (QED) is 0.429. The summed E-state index contributed by atoms with van der Waals surface area (Å²) >= 11 is 3.42. The number of hydrogen-bond donors (Lipinski definition) is 0. The number of ether oxygens (including phenoxy) is 3. The Labute approximate surface area is 194 Å². The van der Waals surface area contributed by atoms with Gasteiger partial charge in [0.1, 0.15) is 5.75 Å². The Morgan fingerprint density at radius 3 is 2.34 bits per heavy atom. The molecule has 0 saturated carbocycles. The van der Waals surface area contributed by atoms with Gasteiger partial charge in [0.25, 0.3) is 5.91 Å². The first-order valence-electron chi connectivity index (χ1n) is 9.78. The molecule has 32 heavy (non-hydrogen) atoms. The van der Waals surface area contributed by atoms with E-state index in [0.29, 0.717) is 28.3 Å². The second kappa shape index (κ2) is 9.82. The minimum absolute atomic E-state index is 0.161. The van der Waals surface area contributed by atoms with E-state index < -0.39 is 17.8 Å². The maximum atomic E-state index is 13.4. The molecule has 0 aliphatic carbocycles. The smallest absolute Gasteiger partial charge is 0.340 e. The van der Waals surface area contributed by atoms with Gasteiger partial charge in [-0.3, -0.25) is 9.69 Å². The van der Waals surface area contributed by atoms with Gasteiger partial charge in [0.2, 0.25) is 0 Å². The molecule has 1 amide bonds. The zero-order valence-corrected chi connectivity index (χ0v) is 19.7. The van der Waals surface area contributed by atoms with Crippen molar-refractivity contribution in [3.63, 3.8) is 0 Å². The molecule has 2 aromatic carbocycles. The SMILES string of the molecule is CCOC(=O)c1ccc(N2C(=O)/C(=C\c3cc(Br)ccc3OC)C(C(=O)OC)=C2C)cc1. The summed E-state index contributed by atoms with van der Waals surface area (Å²) in [5, 5.41) is 0. The molecule has 1 aliphatic heterocycles. The minimum atomic E-state index is -0.623. The van der Waals surface area contributed by atoms with Gasteiger partial charge in [-0.25, -0.2) is 9.59 Å². The highest BCUT2D eigenvalue weighted by Crippen LogP contribution is 2.37. The van der Waals surface area contributed by atoms with Gasteiger partial charge in [0.05, 0.1) is 37.5 Å². The number of carbonyl (C=O) groups excluding carboxylic acids is 3. The normalized spacial score (nSPS) is 14.7. The first kappa shape index (κ1) is 23.3. The van der Waals surface area contributed by atoms with Crippen LogP contribution in [-0.4, -0.2) is 38.7 Å². The minimum Gasteiger partial charge on any atom is -0.496 e. The third-order valence-electron chi connectivity index (χ3n) is 4.92. The summed E-state index contributed by atoms with van der Waals surface area (Å²) in [5.41, 5.74) is 2.26. The predicted octanol–water partition coefficient (Wildman–Crippen LogP) is 4.51. The Hall–Kier alpha value is -3.39. The molecular formula is C24H22BrNO6. The zero-order valence-electron chi connectivity index (χ0n) is 18.1. The topological polar surface area (TPSA) is 82.1 Å². The van der Waals surface area contributed by atoms with Crippen molar-refractivity contribution in [1.82, 2.24) is 0 Å². The van der Waals surface area contributed by atoms with Crippen molar-refractivity contribution in [2.75, 3.05) is 25.7 Å². The zero-order chi connectivity index (χ0) is 23.4. The van der Waals surface area contributed by atoms with Crippen LogP contribution in [0.5, 0.6) is 5.75 Å². The highest BCUT2D eigenvalue weighted by molar-refractivity contribution is 9.10. The molecule has 0 radical (unpaired) electrons. The third kappa shape index (κ3) is 4.45. The van der Waals surface area contributed by atoms with E-state index in [1.165, 1.54) is 19.1 Å². The number of nitrogens with zero attached hydrogens (tertiary/aromatic N) is 1. The summed E-state index contributed by atoms with van der Waals surface area (Å²) in [6, 6.07) is 11.8. The van der Waals surface area contributed by atoms with Gasteiger partial charge in [-0.1, -0.05) is 15.9 Å². The molecular weight excluding hydrogens is 478 g/mol. The van der Waals surface area contributed by atoms with E-state index in [0.717, 1.165) is 4.47 Å². The number of halogens is 1. The van der Waals surface area contributed by atoms with Gasteiger partial charge < -0.3 is 14.2 Å². The van der Waals surface area contributed by atoms with Gasteiger partial charge in [-0.05, 0) is 62.4 Å². The molecule has 0 atom stereocenters. The lowest BCUT2D eigenvalue weighted by atomic mass is 10.0. The Bertz CT molecular complexity index is 1130. The fourth-order valence-electron chi connectivity index (χ4n) is 3.43. The van der Waals surface area contributed by atoms with Crippen LogP contribution in [-0.2, 0) is 19.1 Å². The van der Waals surface area contributed by atoms with Crippen molar-refractivity contribution in [1.29, 1.82) is 0 Å². The second-order valence-electron chi connectivity index (χ2n) is 6.80. The van der Waals surface area contributed by atoms with Crippen LogP contribution >= 0.6 is 15.9 Å². The molecule has 0 aromatic heterocycles. The van der Waals surface area contributed by atoms with E-state index in [1.807, 2.05) is 6.07 Å². The lowest BCUT2D eigenvalue weighted by Gasteiger charge is -2.18. The summed E-state index contributed by atoms with van der Waals surface area (Å²) in [7, 11) is 2.79. The highest BCUT2D eigenvalue weighted by Gasteiger charge is 2.38. The molecule has 166 valence electrons. The maximum absolute atomic E-state index is 13.4. The Balaban J connectivity index is 2.09. The number of rotatable bonds is 6. The van der Waals surface area contributed by atoms with Crippen LogP contribution in [0.2, 0.25) is 0 Å². The Morgan fingerprint density at radius 1 is 1.06 bits per heavy atom. The van der Waals surface area contributed by atoms with E-state index >= 15 is 0 Å². The molecule has 7 nitrogen and oxygen atoms in total. The molecule has 8 heteroatoms. The predicted molar refractivity (Wildman–Crippen MR) is 123 cm³/mol. The summed E-state index contributed by atoms with van der Waals surface area (Å²) in [4.78, 5) is 39.3. The average Bonchev–Trinajstić information content (AvgIpc) is 3.03. The molecule has 2 aromatic rings.